The number of H-pyrrole nitrogens is 1. The van der Waals surface area contributed by atoms with Crippen molar-refractivity contribution >= 4 is 15.9 Å². The molecule has 14 heavy (non-hydrogen) atoms. The van der Waals surface area contributed by atoms with E-state index in [9.17, 15) is 0 Å². The SMILES string of the molecule is Brc1[nH]ncc1-c1noc(C2CC2)n1. The lowest BCUT2D eigenvalue weighted by molar-refractivity contribution is 0.380. The first-order valence-electron chi connectivity index (χ1n) is 4.37. The number of aromatic amines is 1. The van der Waals surface area contributed by atoms with Crippen molar-refractivity contribution in [2.75, 3.05) is 0 Å². The summed E-state index contributed by atoms with van der Waals surface area (Å²) in [6.45, 7) is 0. The van der Waals surface area contributed by atoms with E-state index in [0.717, 1.165) is 28.9 Å². The monoisotopic (exact) mass is 254 g/mol. The second-order valence-corrected chi connectivity index (χ2v) is 4.12. The fourth-order valence-electron chi connectivity index (χ4n) is 1.27. The third-order valence-electron chi connectivity index (χ3n) is 2.20. The van der Waals surface area contributed by atoms with Gasteiger partial charge in [0.15, 0.2) is 0 Å². The number of rotatable bonds is 2. The maximum atomic E-state index is 5.14. The van der Waals surface area contributed by atoms with Crippen molar-refractivity contribution in [1.82, 2.24) is 20.3 Å². The van der Waals surface area contributed by atoms with E-state index >= 15 is 0 Å². The van der Waals surface area contributed by atoms with Crippen LogP contribution in [0.15, 0.2) is 15.3 Å². The van der Waals surface area contributed by atoms with Crippen molar-refractivity contribution in [3.05, 3.63) is 16.7 Å². The lowest BCUT2D eigenvalue weighted by atomic mass is 10.3. The first-order valence-corrected chi connectivity index (χ1v) is 5.17. The van der Waals surface area contributed by atoms with Gasteiger partial charge in [0, 0.05) is 5.92 Å². The van der Waals surface area contributed by atoms with Crippen molar-refractivity contribution in [2.24, 2.45) is 0 Å². The molecule has 0 amide bonds. The molecular formula is C8H7BrN4O. The minimum absolute atomic E-state index is 0.488. The van der Waals surface area contributed by atoms with E-state index in [-0.39, 0.29) is 0 Å². The summed E-state index contributed by atoms with van der Waals surface area (Å²) in [6.07, 6.45) is 3.99. The van der Waals surface area contributed by atoms with Crippen molar-refractivity contribution < 1.29 is 4.52 Å². The third-order valence-corrected chi connectivity index (χ3v) is 2.81. The van der Waals surface area contributed by atoms with E-state index in [0.29, 0.717) is 11.7 Å². The van der Waals surface area contributed by atoms with Gasteiger partial charge in [-0.15, -0.1) is 0 Å². The summed E-state index contributed by atoms with van der Waals surface area (Å²) < 4.78 is 5.92. The third kappa shape index (κ3) is 1.26. The fraction of sp³-hybridized carbons (Fsp3) is 0.375. The number of nitrogens with zero attached hydrogens (tertiary/aromatic N) is 3. The van der Waals surface area contributed by atoms with E-state index in [1.165, 1.54) is 0 Å². The van der Waals surface area contributed by atoms with E-state index in [1.807, 2.05) is 0 Å². The van der Waals surface area contributed by atoms with Gasteiger partial charge in [0.25, 0.3) is 0 Å². The Morgan fingerprint density at radius 1 is 1.50 bits per heavy atom. The zero-order chi connectivity index (χ0) is 9.54. The maximum Gasteiger partial charge on any atom is 0.230 e. The van der Waals surface area contributed by atoms with Gasteiger partial charge >= 0.3 is 0 Å². The molecule has 6 heteroatoms. The summed E-state index contributed by atoms with van der Waals surface area (Å²) >= 11 is 3.33. The van der Waals surface area contributed by atoms with Crippen LogP contribution in [0.3, 0.4) is 0 Å². The van der Waals surface area contributed by atoms with Crippen molar-refractivity contribution in [2.45, 2.75) is 18.8 Å². The van der Waals surface area contributed by atoms with Gasteiger partial charge in [-0.25, -0.2) is 0 Å². The number of hydrogen-bond acceptors (Lipinski definition) is 4. The van der Waals surface area contributed by atoms with Crippen LogP contribution in [0.2, 0.25) is 0 Å². The first kappa shape index (κ1) is 8.16. The molecule has 1 aliphatic carbocycles. The molecule has 0 atom stereocenters. The minimum atomic E-state index is 0.488. The number of halogens is 1. The van der Waals surface area contributed by atoms with Gasteiger partial charge in [-0.1, -0.05) is 5.16 Å². The van der Waals surface area contributed by atoms with E-state index in [4.69, 9.17) is 4.52 Å². The van der Waals surface area contributed by atoms with Gasteiger partial charge in [-0.2, -0.15) is 10.1 Å². The summed E-state index contributed by atoms with van der Waals surface area (Å²) in [4.78, 5) is 4.31. The summed E-state index contributed by atoms with van der Waals surface area (Å²) in [5.74, 6) is 1.82. The molecule has 0 spiro atoms. The molecule has 0 radical (unpaired) electrons. The highest BCUT2D eigenvalue weighted by Crippen LogP contribution is 2.39. The quantitative estimate of drug-likeness (QED) is 0.892. The molecule has 2 aromatic rings. The van der Waals surface area contributed by atoms with E-state index in [1.54, 1.807) is 6.20 Å². The Morgan fingerprint density at radius 3 is 3.00 bits per heavy atom. The molecule has 0 saturated heterocycles. The minimum Gasteiger partial charge on any atom is -0.339 e. The molecule has 0 unspecified atom stereocenters. The summed E-state index contributed by atoms with van der Waals surface area (Å²) in [5.41, 5.74) is 0.834. The van der Waals surface area contributed by atoms with Crippen LogP contribution < -0.4 is 0 Å². The van der Waals surface area contributed by atoms with Gasteiger partial charge in [0.1, 0.15) is 4.60 Å². The van der Waals surface area contributed by atoms with Crippen LogP contribution in [-0.2, 0) is 0 Å². The average molecular weight is 255 g/mol. The maximum absolute atomic E-state index is 5.14. The standard InChI is InChI=1S/C8H7BrN4O/c9-6-5(3-10-12-6)7-11-8(14-13-7)4-1-2-4/h3-4H,1-2H2,(H,10,12). The van der Waals surface area contributed by atoms with Crippen LogP contribution in [0.5, 0.6) is 0 Å². The van der Waals surface area contributed by atoms with Crippen molar-refractivity contribution in [3.63, 3.8) is 0 Å². The van der Waals surface area contributed by atoms with Crippen LogP contribution in [0.25, 0.3) is 11.4 Å². The lowest BCUT2D eigenvalue weighted by Crippen LogP contribution is -1.80. The first-order chi connectivity index (χ1) is 6.84. The molecule has 1 saturated carbocycles. The number of aromatic nitrogens is 4. The zero-order valence-electron chi connectivity index (χ0n) is 7.20. The number of hydrogen-bond donors (Lipinski definition) is 1. The van der Waals surface area contributed by atoms with Crippen LogP contribution >= 0.6 is 15.9 Å². The highest BCUT2D eigenvalue weighted by molar-refractivity contribution is 9.10. The second-order valence-electron chi connectivity index (χ2n) is 3.33. The molecule has 0 bridgehead atoms. The Morgan fingerprint density at radius 2 is 2.36 bits per heavy atom. The van der Waals surface area contributed by atoms with Crippen molar-refractivity contribution in [1.29, 1.82) is 0 Å². The predicted molar refractivity (Wildman–Crippen MR) is 51.6 cm³/mol. The molecule has 5 nitrogen and oxygen atoms in total. The summed E-state index contributed by atoms with van der Waals surface area (Å²) in [6, 6.07) is 0. The van der Waals surface area contributed by atoms with E-state index < -0.39 is 0 Å². The number of nitrogens with one attached hydrogen (secondary N) is 1. The normalized spacial score (nSPS) is 16.1. The van der Waals surface area contributed by atoms with Gasteiger partial charge in [0.2, 0.25) is 11.7 Å². The molecule has 2 heterocycles. The van der Waals surface area contributed by atoms with Crippen LogP contribution in [0.4, 0.5) is 0 Å². The molecule has 72 valence electrons. The molecule has 0 aromatic carbocycles. The Bertz CT molecular complexity index is 459. The molecule has 1 N–H and O–H groups in total. The highest BCUT2D eigenvalue weighted by Gasteiger charge is 2.30. The Hall–Kier alpha value is -1.17. The van der Waals surface area contributed by atoms with Crippen LogP contribution in [-0.4, -0.2) is 20.3 Å². The lowest BCUT2D eigenvalue weighted by Gasteiger charge is -1.85. The second kappa shape index (κ2) is 2.91. The predicted octanol–water partition coefficient (Wildman–Crippen LogP) is 2.10. The molecule has 1 aliphatic rings. The average Bonchev–Trinajstić information content (AvgIpc) is 2.75. The fourth-order valence-corrected chi connectivity index (χ4v) is 1.65. The highest BCUT2D eigenvalue weighted by atomic mass is 79.9. The van der Waals surface area contributed by atoms with Gasteiger partial charge in [-0.3, -0.25) is 5.10 Å². The summed E-state index contributed by atoms with van der Waals surface area (Å²) in [5, 5.41) is 10.5. The molecule has 1 fully saturated rings. The molecular weight excluding hydrogens is 248 g/mol. The Kier molecular flexibility index (Phi) is 1.70. The van der Waals surface area contributed by atoms with E-state index in [2.05, 4.69) is 36.3 Å². The van der Waals surface area contributed by atoms with Gasteiger partial charge < -0.3 is 4.52 Å². The van der Waals surface area contributed by atoms with Gasteiger partial charge in [0.05, 0.1) is 11.8 Å². The summed E-state index contributed by atoms with van der Waals surface area (Å²) in [7, 11) is 0. The molecule has 2 aromatic heterocycles. The van der Waals surface area contributed by atoms with Gasteiger partial charge in [-0.05, 0) is 28.8 Å². The largest absolute Gasteiger partial charge is 0.339 e. The Balaban J connectivity index is 1.99. The van der Waals surface area contributed by atoms with Crippen molar-refractivity contribution in [3.8, 4) is 11.4 Å². The molecule has 3 rings (SSSR count). The van der Waals surface area contributed by atoms with Crippen LogP contribution in [0.1, 0.15) is 24.7 Å². The van der Waals surface area contributed by atoms with Crippen LogP contribution in [0, 0.1) is 0 Å². The topological polar surface area (TPSA) is 67.6 Å². The smallest absolute Gasteiger partial charge is 0.230 e. The zero-order valence-corrected chi connectivity index (χ0v) is 8.78. The molecule has 0 aliphatic heterocycles. The Labute approximate surface area is 88.0 Å².